The Balaban J connectivity index is 1.41. The van der Waals surface area contributed by atoms with Crippen LogP contribution in [0.25, 0.3) is 0 Å². The summed E-state index contributed by atoms with van der Waals surface area (Å²) in [5.74, 6) is 0.302. The number of thiazole rings is 1. The lowest BCUT2D eigenvalue weighted by Crippen LogP contribution is -2.68. The third-order valence-corrected chi connectivity index (χ3v) is 6.76. The molecule has 0 aliphatic carbocycles. The molecule has 136 valence electrons. The van der Waals surface area contributed by atoms with Gasteiger partial charge in [-0.1, -0.05) is 0 Å². The summed E-state index contributed by atoms with van der Waals surface area (Å²) in [6.45, 7) is 6.76. The predicted molar refractivity (Wildman–Crippen MR) is 96.7 cm³/mol. The number of aromatic nitrogens is 1. The second kappa shape index (κ2) is 6.68. The van der Waals surface area contributed by atoms with Gasteiger partial charge in [0.1, 0.15) is 5.69 Å². The van der Waals surface area contributed by atoms with E-state index >= 15 is 0 Å². The molecule has 0 N–H and O–H groups in total. The Labute approximate surface area is 152 Å². The number of nitrogens with zero attached hydrogens (tertiary/aromatic N) is 4. The fourth-order valence-electron chi connectivity index (χ4n) is 4.43. The van der Waals surface area contributed by atoms with E-state index in [-0.39, 0.29) is 17.4 Å². The summed E-state index contributed by atoms with van der Waals surface area (Å²) in [6.07, 6.45) is 5.43. The van der Waals surface area contributed by atoms with Crippen molar-refractivity contribution in [2.45, 2.75) is 44.6 Å². The van der Waals surface area contributed by atoms with E-state index < -0.39 is 0 Å². The summed E-state index contributed by atoms with van der Waals surface area (Å²) >= 11 is 1.52. The molecule has 2 amide bonds. The van der Waals surface area contributed by atoms with Crippen molar-refractivity contribution >= 4 is 23.2 Å². The zero-order valence-corrected chi connectivity index (χ0v) is 15.7. The van der Waals surface area contributed by atoms with E-state index in [1.165, 1.54) is 11.3 Å². The van der Waals surface area contributed by atoms with Crippen molar-refractivity contribution in [3.63, 3.8) is 0 Å². The molecule has 0 unspecified atom stereocenters. The predicted octanol–water partition coefficient (Wildman–Crippen LogP) is 1.75. The summed E-state index contributed by atoms with van der Waals surface area (Å²) in [6, 6.07) is 0. The Morgan fingerprint density at radius 1 is 1.12 bits per heavy atom. The molecular formula is C18H26N4O2S. The Morgan fingerprint density at radius 3 is 2.52 bits per heavy atom. The highest BCUT2D eigenvalue weighted by Crippen LogP contribution is 2.39. The van der Waals surface area contributed by atoms with Crippen LogP contribution in [0.5, 0.6) is 0 Å². The largest absolute Gasteiger partial charge is 0.342 e. The second-order valence-corrected chi connectivity index (χ2v) is 8.63. The van der Waals surface area contributed by atoms with Crippen LogP contribution in [0, 0.1) is 6.92 Å². The molecule has 7 heteroatoms. The van der Waals surface area contributed by atoms with E-state index in [4.69, 9.17) is 0 Å². The topological polar surface area (TPSA) is 56.8 Å². The van der Waals surface area contributed by atoms with Crippen molar-refractivity contribution in [1.29, 1.82) is 0 Å². The van der Waals surface area contributed by atoms with Crippen LogP contribution in [0.4, 0.5) is 0 Å². The van der Waals surface area contributed by atoms with Gasteiger partial charge in [-0.3, -0.25) is 14.5 Å². The van der Waals surface area contributed by atoms with Gasteiger partial charge in [0.25, 0.3) is 5.91 Å². The Morgan fingerprint density at radius 2 is 1.88 bits per heavy atom. The van der Waals surface area contributed by atoms with Crippen LogP contribution in [0.3, 0.4) is 0 Å². The van der Waals surface area contributed by atoms with Gasteiger partial charge < -0.3 is 9.80 Å². The first kappa shape index (κ1) is 17.0. The summed E-state index contributed by atoms with van der Waals surface area (Å²) in [5.41, 5.74) is 0.576. The monoisotopic (exact) mass is 362 g/mol. The minimum atomic E-state index is 0.00829. The van der Waals surface area contributed by atoms with E-state index in [2.05, 4.69) is 9.88 Å². The molecule has 4 heterocycles. The highest BCUT2D eigenvalue weighted by atomic mass is 32.1. The first-order valence-electron chi connectivity index (χ1n) is 9.32. The van der Waals surface area contributed by atoms with Gasteiger partial charge in [-0.15, -0.1) is 11.3 Å². The maximum atomic E-state index is 12.8. The molecule has 0 radical (unpaired) electrons. The molecule has 25 heavy (non-hydrogen) atoms. The van der Waals surface area contributed by atoms with Gasteiger partial charge in [0.15, 0.2) is 0 Å². The quantitative estimate of drug-likeness (QED) is 0.822. The minimum absolute atomic E-state index is 0.00829. The highest BCUT2D eigenvalue weighted by Gasteiger charge is 2.49. The lowest BCUT2D eigenvalue weighted by atomic mass is 9.77. The molecule has 4 rings (SSSR count). The average molecular weight is 362 g/mol. The van der Waals surface area contributed by atoms with E-state index in [1.54, 1.807) is 0 Å². The highest BCUT2D eigenvalue weighted by molar-refractivity contribution is 7.09. The normalized spacial score (nSPS) is 26.9. The summed E-state index contributed by atoms with van der Waals surface area (Å²) in [5, 5.41) is 2.78. The van der Waals surface area contributed by atoms with Crippen molar-refractivity contribution in [3.8, 4) is 0 Å². The molecule has 0 saturated carbocycles. The smallest absolute Gasteiger partial charge is 0.273 e. The molecule has 3 aliphatic heterocycles. The number of hydrogen-bond acceptors (Lipinski definition) is 5. The lowest BCUT2D eigenvalue weighted by Gasteiger charge is -2.57. The number of hydrogen-bond donors (Lipinski definition) is 0. The van der Waals surface area contributed by atoms with Crippen LogP contribution in [0.15, 0.2) is 5.38 Å². The van der Waals surface area contributed by atoms with Gasteiger partial charge in [-0.05, 0) is 39.0 Å². The standard InChI is InChI=1S/C18H26N4O2S/c1-14-19-15(12-25-14)17(24)21-9-4-5-18(13-21)6-10-22(18)11-16(23)20-7-2-3-8-20/h12H,2-11,13H2,1H3/t18-/m1/s1. The first-order chi connectivity index (χ1) is 12.1. The maximum absolute atomic E-state index is 12.8. The summed E-state index contributed by atoms with van der Waals surface area (Å²) < 4.78 is 0. The average Bonchev–Trinajstić information content (AvgIpc) is 3.29. The molecule has 0 aromatic carbocycles. The van der Waals surface area contributed by atoms with Crippen molar-refractivity contribution in [2.75, 3.05) is 39.3 Å². The molecule has 6 nitrogen and oxygen atoms in total. The van der Waals surface area contributed by atoms with Crippen LogP contribution in [-0.2, 0) is 4.79 Å². The third kappa shape index (κ3) is 3.19. The molecule has 1 atom stereocenters. The van der Waals surface area contributed by atoms with Gasteiger partial charge in [0.05, 0.1) is 11.6 Å². The summed E-state index contributed by atoms with van der Waals surface area (Å²) in [7, 11) is 0. The molecular weight excluding hydrogens is 336 g/mol. The van der Waals surface area contributed by atoms with Crippen molar-refractivity contribution < 1.29 is 9.59 Å². The van der Waals surface area contributed by atoms with E-state index in [0.717, 1.165) is 69.8 Å². The van der Waals surface area contributed by atoms with Crippen LogP contribution in [0.2, 0.25) is 0 Å². The Hall–Kier alpha value is -1.47. The van der Waals surface area contributed by atoms with Crippen molar-refractivity contribution in [3.05, 3.63) is 16.1 Å². The van der Waals surface area contributed by atoms with Crippen LogP contribution < -0.4 is 0 Å². The van der Waals surface area contributed by atoms with Gasteiger partial charge in [-0.2, -0.15) is 0 Å². The summed E-state index contributed by atoms with van der Waals surface area (Å²) in [4.78, 5) is 35.9. The zero-order chi connectivity index (χ0) is 17.4. The van der Waals surface area contributed by atoms with Gasteiger partial charge in [0.2, 0.25) is 5.91 Å². The van der Waals surface area contributed by atoms with Crippen molar-refractivity contribution in [2.24, 2.45) is 0 Å². The number of piperidine rings is 1. The van der Waals surface area contributed by atoms with Crippen LogP contribution in [0.1, 0.15) is 47.6 Å². The minimum Gasteiger partial charge on any atom is -0.342 e. The molecule has 1 aromatic rings. The first-order valence-corrected chi connectivity index (χ1v) is 10.2. The lowest BCUT2D eigenvalue weighted by molar-refractivity contribution is -0.138. The number of amides is 2. The Bertz CT molecular complexity index is 670. The second-order valence-electron chi connectivity index (χ2n) is 7.57. The van der Waals surface area contributed by atoms with Gasteiger partial charge >= 0.3 is 0 Å². The van der Waals surface area contributed by atoms with E-state index in [0.29, 0.717) is 12.2 Å². The molecule has 1 spiro atoms. The van der Waals surface area contributed by atoms with Crippen LogP contribution >= 0.6 is 11.3 Å². The Kier molecular flexibility index (Phi) is 4.54. The van der Waals surface area contributed by atoms with E-state index in [1.807, 2.05) is 22.1 Å². The molecule has 1 aromatic heterocycles. The fraction of sp³-hybridized carbons (Fsp3) is 0.722. The molecule has 3 aliphatic rings. The molecule has 3 saturated heterocycles. The van der Waals surface area contributed by atoms with Gasteiger partial charge in [-0.25, -0.2) is 4.98 Å². The third-order valence-electron chi connectivity index (χ3n) is 5.98. The fourth-order valence-corrected chi connectivity index (χ4v) is 5.02. The van der Waals surface area contributed by atoms with Crippen LogP contribution in [-0.4, -0.2) is 76.3 Å². The van der Waals surface area contributed by atoms with E-state index in [9.17, 15) is 9.59 Å². The number of likely N-dealkylation sites (tertiary alicyclic amines) is 3. The number of aryl methyl sites for hydroxylation is 1. The number of rotatable bonds is 3. The molecule has 0 bridgehead atoms. The van der Waals surface area contributed by atoms with Gasteiger partial charge in [0, 0.05) is 43.6 Å². The number of carbonyl (C=O) groups is 2. The maximum Gasteiger partial charge on any atom is 0.273 e. The van der Waals surface area contributed by atoms with Crippen molar-refractivity contribution in [1.82, 2.24) is 19.7 Å². The number of carbonyl (C=O) groups excluding carboxylic acids is 2. The zero-order valence-electron chi connectivity index (χ0n) is 14.9. The SMILES string of the molecule is Cc1nc(C(=O)N2CCC[C@@]3(CCN3CC(=O)N3CCCC3)C2)cs1. The molecule has 3 fully saturated rings.